The molecule has 1 aliphatic rings. The van der Waals surface area contributed by atoms with Gasteiger partial charge in [-0.2, -0.15) is 0 Å². The van der Waals surface area contributed by atoms with Gasteiger partial charge in [0, 0.05) is 24.3 Å². The maximum atomic E-state index is 12.2. The molecule has 1 rings (SSSR count). The first-order valence-corrected chi connectivity index (χ1v) is 7.42. The summed E-state index contributed by atoms with van der Waals surface area (Å²) >= 11 is 3.52. The molecule has 2 nitrogen and oxygen atoms in total. The Balaban J connectivity index is 2.35. The van der Waals surface area contributed by atoms with E-state index < -0.39 is 0 Å². The van der Waals surface area contributed by atoms with Crippen molar-refractivity contribution < 1.29 is 4.79 Å². The molecule has 1 amide bonds. The van der Waals surface area contributed by atoms with Crippen LogP contribution in [0.4, 0.5) is 0 Å². The van der Waals surface area contributed by atoms with E-state index in [0.717, 1.165) is 25.8 Å². The lowest BCUT2D eigenvalue weighted by Crippen LogP contribution is -2.34. The molecule has 1 atom stereocenters. The van der Waals surface area contributed by atoms with Gasteiger partial charge in [-0.05, 0) is 19.3 Å². The zero-order valence-electron chi connectivity index (χ0n) is 10.5. The average molecular weight is 290 g/mol. The maximum Gasteiger partial charge on any atom is 0.225 e. The lowest BCUT2D eigenvalue weighted by Gasteiger charge is -2.23. The minimum Gasteiger partial charge on any atom is -0.345 e. The second-order valence-corrected chi connectivity index (χ2v) is 6.58. The van der Waals surface area contributed by atoms with E-state index in [-0.39, 0.29) is 0 Å². The molecule has 0 aromatic heterocycles. The summed E-state index contributed by atoms with van der Waals surface area (Å²) in [5, 5.41) is 0. The molecule has 3 heteroatoms. The van der Waals surface area contributed by atoms with Gasteiger partial charge in [-0.1, -0.05) is 48.5 Å². The molecule has 1 fully saturated rings. The fraction of sp³-hybridized carbons (Fsp3) is 0.923. The van der Waals surface area contributed by atoms with E-state index in [1.54, 1.807) is 0 Å². The fourth-order valence-electron chi connectivity index (χ4n) is 2.32. The molecule has 0 N–H and O–H groups in total. The van der Waals surface area contributed by atoms with Crippen LogP contribution in [0, 0.1) is 5.92 Å². The third kappa shape index (κ3) is 4.86. The molecule has 0 aromatic carbocycles. The van der Waals surface area contributed by atoms with E-state index in [2.05, 4.69) is 22.9 Å². The van der Waals surface area contributed by atoms with E-state index in [1.807, 2.05) is 11.9 Å². The quantitative estimate of drug-likeness (QED) is 0.572. The first-order valence-electron chi connectivity index (χ1n) is 6.50. The lowest BCUT2D eigenvalue weighted by molar-refractivity contribution is -0.134. The van der Waals surface area contributed by atoms with Crippen LogP contribution < -0.4 is 0 Å². The lowest BCUT2D eigenvalue weighted by atomic mass is 9.99. The first kappa shape index (κ1) is 14.0. The van der Waals surface area contributed by atoms with Gasteiger partial charge in [-0.25, -0.2) is 0 Å². The van der Waals surface area contributed by atoms with Crippen LogP contribution in [0.15, 0.2) is 0 Å². The van der Waals surface area contributed by atoms with Gasteiger partial charge in [0.25, 0.3) is 0 Å². The highest BCUT2D eigenvalue weighted by Crippen LogP contribution is 2.24. The molecule has 1 unspecified atom stereocenters. The van der Waals surface area contributed by atoms with Crippen molar-refractivity contribution >= 4 is 21.8 Å². The van der Waals surface area contributed by atoms with Gasteiger partial charge in [0.2, 0.25) is 5.91 Å². The molecule has 16 heavy (non-hydrogen) atoms. The Morgan fingerprint density at radius 1 is 1.31 bits per heavy atom. The van der Waals surface area contributed by atoms with E-state index in [9.17, 15) is 4.79 Å². The van der Waals surface area contributed by atoms with E-state index in [4.69, 9.17) is 0 Å². The standard InChI is InChI=1S/C13H24BrNO/c1-11(14)9-10-15(2)13(16)12-7-5-3-4-6-8-12/h11-12H,3-10H2,1-2H3. The van der Waals surface area contributed by atoms with Crippen LogP contribution in [0.5, 0.6) is 0 Å². The number of halogens is 1. The molecule has 0 aromatic rings. The monoisotopic (exact) mass is 289 g/mol. The Morgan fingerprint density at radius 3 is 2.38 bits per heavy atom. The minimum atomic E-state index is 0.304. The first-order chi connectivity index (χ1) is 7.61. The van der Waals surface area contributed by atoms with Gasteiger partial charge in [0.15, 0.2) is 0 Å². The fourth-order valence-corrected chi connectivity index (χ4v) is 2.52. The molecule has 94 valence electrons. The number of carbonyl (C=O) groups is 1. The van der Waals surface area contributed by atoms with E-state index in [1.165, 1.54) is 25.7 Å². The number of alkyl halides is 1. The van der Waals surface area contributed by atoms with Crippen molar-refractivity contribution in [1.82, 2.24) is 4.90 Å². The van der Waals surface area contributed by atoms with Gasteiger partial charge in [-0.3, -0.25) is 4.79 Å². The van der Waals surface area contributed by atoms with Crippen molar-refractivity contribution in [3.05, 3.63) is 0 Å². The highest BCUT2D eigenvalue weighted by molar-refractivity contribution is 9.09. The highest BCUT2D eigenvalue weighted by Gasteiger charge is 2.22. The molecule has 0 bridgehead atoms. The van der Waals surface area contributed by atoms with Crippen molar-refractivity contribution in [2.45, 2.75) is 56.7 Å². The predicted octanol–water partition coefficient (Wildman–Crippen LogP) is 3.59. The highest BCUT2D eigenvalue weighted by atomic mass is 79.9. The molecule has 0 spiro atoms. The molecule has 0 radical (unpaired) electrons. The van der Waals surface area contributed by atoms with Gasteiger partial charge in [-0.15, -0.1) is 0 Å². The third-order valence-corrected chi connectivity index (χ3v) is 3.90. The van der Waals surface area contributed by atoms with Crippen molar-refractivity contribution in [1.29, 1.82) is 0 Å². The van der Waals surface area contributed by atoms with Crippen LogP contribution in [0.2, 0.25) is 0 Å². The number of amides is 1. The van der Waals surface area contributed by atoms with Crippen LogP contribution in [0.1, 0.15) is 51.9 Å². The van der Waals surface area contributed by atoms with E-state index in [0.29, 0.717) is 16.7 Å². The number of hydrogen-bond acceptors (Lipinski definition) is 1. The summed E-state index contributed by atoms with van der Waals surface area (Å²) < 4.78 is 0. The largest absolute Gasteiger partial charge is 0.345 e. The zero-order valence-corrected chi connectivity index (χ0v) is 12.1. The third-order valence-electron chi connectivity index (χ3n) is 3.44. The molecular formula is C13H24BrNO. The number of carbonyl (C=O) groups excluding carboxylic acids is 1. The SMILES string of the molecule is CC(Br)CCN(C)C(=O)C1CCCCCC1. The van der Waals surface area contributed by atoms with Gasteiger partial charge in [0.1, 0.15) is 0 Å². The van der Waals surface area contributed by atoms with Crippen molar-refractivity contribution in [3.63, 3.8) is 0 Å². The van der Waals surface area contributed by atoms with Gasteiger partial charge < -0.3 is 4.90 Å². The maximum absolute atomic E-state index is 12.2. The Labute approximate surface area is 108 Å². The van der Waals surface area contributed by atoms with Crippen molar-refractivity contribution in [3.8, 4) is 0 Å². The van der Waals surface area contributed by atoms with Crippen molar-refractivity contribution in [2.75, 3.05) is 13.6 Å². The Kier molecular flexibility index (Phi) is 6.40. The minimum absolute atomic E-state index is 0.304. The molecule has 0 saturated heterocycles. The second-order valence-electron chi connectivity index (χ2n) is 5.02. The number of hydrogen-bond donors (Lipinski definition) is 0. The molecular weight excluding hydrogens is 266 g/mol. The number of rotatable bonds is 4. The van der Waals surface area contributed by atoms with E-state index >= 15 is 0 Å². The summed E-state index contributed by atoms with van der Waals surface area (Å²) in [6.07, 6.45) is 8.34. The Bertz CT molecular complexity index is 210. The zero-order chi connectivity index (χ0) is 12.0. The predicted molar refractivity (Wildman–Crippen MR) is 71.8 cm³/mol. The summed E-state index contributed by atoms with van der Waals surface area (Å²) in [6.45, 7) is 3.01. The van der Waals surface area contributed by atoms with Crippen LogP contribution in [-0.2, 0) is 4.79 Å². The summed E-state index contributed by atoms with van der Waals surface area (Å²) in [6, 6.07) is 0. The molecule has 1 aliphatic carbocycles. The summed E-state index contributed by atoms with van der Waals surface area (Å²) in [5.74, 6) is 0.674. The summed E-state index contributed by atoms with van der Waals surface area (Å²) in [7, 11) is 1.95. The summed E-state index contributed by atoms with van der Waals surface area (Å²) in [5.41, 5.74) is 0. The normalized spacial score (nSPS) is 20.2. The van der Waals surface area contributed by atoms with Crippen LogP contribution in [0.3, 0.4) is 0 Å². The smallest absolute Gasteiger partial charge is 0.225 e. The average Bonchev–Trinajstić information content (AvgIpc) is 2.53. The molecule has 0 heterocycles. The molecule has 1 saturated carbocycles. The summed E-state index contributed by atoms with van der Waals surface area (Å²) in [4.78, 5) is 14.6. The second kappa shape index (κ2) is 7.31. The van der Waals surface area contributed by atoms with Gasteiger partial charge >= 0.3 is 0 Å². The Hall–Kier alpha value is -0.0500. The molecule has 0 aliphatic heterocycles. The Morgan fingerprint density at radius 2 is 1.88 bits per heavy atom. The topological polar surface area (TPSA) is 20.3 Å². The van der Waals surface area contributed by atoms with Gasteiger partial charge in [0.05, 0.1) is 0 Å². The van der Waals surface area contributed by atoms with Crippen molar-refractivity contribution in [2.24, 2.45) is 5.92 Å². The van der Waals surface area contributed by atoms with Crippen LogP contribution >= 0.6 is 15.9 Å². The van der Waals surface area contributed by atoms with Crippen LogP contribution in [-0.4, -0.2) is 29.2 Å². The number of nitrogens with zero attached hydrogens (tertiary/aromatic N) is 1. The van der Waals surface area contributed by atoms with Crippen LogP contribution in [0.25, 0.3) is 0 Å².